The Labute approximate surface area is 185 Å². The highest BCUT2D eigenvalue weighted by molar-refractivity contribution is 5.95. The largest absolute Gasteiger partial charge is 0.384 e. The number of hydrogen-bond donors (Lipinski definition) is 2. The van der Waals surface area contributed by atoms with Gasteiger partial charge in [-0.1, -0.05) is 6.07 Å². The number of rotatable bonds is 7. The first-order valence-corrected chi connectivity index (χ1v) is 9.59. The fourth-order valence-corrected chi connectivity index (χ4v) is 3.93. The Morgan fingerprint density at radius 3 is 2.62 bits per heavy atom. The summed E-state index contributed by atoms with van der Waals surface area (Å²) in [6, 6.07) is 7.87. The Balaban J connectivity index is 0.00000210. The lowest BCUT2D eigenvalue weighted by molar-refractivity contribution is 0.0511. The van der Waals surface area contributed by atoms with Gasteiger partial charge >= 0.3 is 0 Å². The Hall–Kier alpha value is -1.60. The molecule has 0 radical (unpaired) electrons. The number of halogens is 2. The maximum absolute atomic E-state index is 12.9. The average molecular weight is 443 g/mol. The maximum Gasteiger partial charge on any atom is 0.253 e. The molecular weight excluding hydrogens is 411 g/mol. The van der Waals surface area contributed by atoms with Gasteiger partial charge < -0.3 is 19.9 Å². The van der Waals surface area contributed by atoms with Gasteiger partial charge in [0.25, 0.3) is 5.91 Å². The van der Waals surface area contributed by atoms with E-state index in [1.165, 1.54) is 0 Å². The molecule has 0 bridgehead atoms. The molecule has 8 heteroatoms. The fraction of sp³-hybridized carbons (Fsp3) is 0.524. The summed E-state index contributed by atoms with van der Waals surface area (Å²) in [5, 5.41) is 6.55. The SMILES string of the molecule is COCC1(CNC(=O)c2cc(C)n(Cc3ccccn3)c2C)CCNCC1.Cl.Cl. The van der Waals surface area contributed by atoms with Crippen molar-refractivity contribution in [2.24, 2.45) is 5.41 Å². The highest BCUT2D eigenvalue weighted by Crippen LogP contribution is 2.28. The van der Waals surface area contributed by atoms with Gasteiger partial charge in [-0.15, -0.1) is 24.8 Å². The van der Waals surface area contributed by atoms with Crippen LogP contribution in [-0.2, 0) is 11.3 Å². The highest BCUT2D eigenvalue weighted by Gasteiger charge is 2.32. The first-order chi connectivity index (χ1) is 13.0. The second-order valence-electron chi connectivity index (χ2n) is 7.56. The topological polar surface area (TPSA) is 68.2 Å². The van der Waals surface area contributed by atoms with E-state index in [9.17, 15) is 4.79 Å². The third-order valence-electron chi connectivity index (χ3n) is 5.60. The van der Waals surface area contributed by atoms with E-state index in [0.717, 1.165) is 48.6 Å². The van der Waals surface area contributed by atoms with Crippen LogP contribution >= 0.6 is 24.8 Å². The molecule has 3 rings (SSSR count). The van der Waals surface area contributed by atoms with Crippen molar-refractivity contribution >= 4 is 30.7 Å². The molecule has 0 atom stereocenters. The summed E-state index contributed by atoms with van der Waals surface area (Å²) < 4.78 is 7.59. The zero-order valence-electron chi connectivity index (χ0n) is 17.4. The third kappa shape index (κ3) is 6.19. The number of nitrogens with zero attached hydrogens (tertiary/aromatic N) is 2. The number of carbonyl (C=O) groups excluding carboxylic acids is 1. The number of pyridine rings is 1. The summed E-state index contributed by atoms with van der Waals surface area (Å²) in [7, 11) is 1.73. The number of methoxy groups -OCH3 is 1. The molecule has 1 aliphatic rings. The molecule has 1 aliphatic heterocycles. The molecule has 29 heavy (non-hydrogen) atoms. The summed E-state index contributed by atoms with van der Waals surface area (Å²) in [5.41, 5.74) is 3.79. The van der Waals surface area contributed by atoms with E-state index in [4.69, 9.17) is 4.74 Å². The van der Waals surface area contributed by atoms with Crippen LogP contribution in [0, 0.1) is 19.3 Å². The maximum atomic E-state index is 12.9. The van der Waals surface area contributed by atoms with Crippen LogP contribution < -0.4 is 10.6 Å². The monoisotopic (exact) mass is 442 g/mol. The number of piperidine rings is 1. The van der Waals surface area contributed by atoms with Crippen molar-refractivity contribution in [2.45, 2.75) is 33.2 Å². The van der Waals surface area contributed by atoms with Crippen molar-refractivity contribution < 1.29 is 9.53 Å². The predicted octanol–water partition coefficient (Wildman–Crippen LogP) is 3.14. The zero-order chi connectivity index (χ0) is 19.3. The number of amides is 1. The molecular formula is C21H32Cl2N4O2. The summed E-state index contributed by atoms with van der Waals surface area (Å²) >= 11 is 0. The lowest BCUT2D eigenvalue weighted by atomic mass is 9.79. The first kappa shape index (κ1) is 25.4. The smallest absolute Gasteiger partial charge is 0.253 e. The van der Waals surface area contributed by atoms with Crippen LogP contribution in [0.15, 0.2) is 30.5 Å². The average Bonchev–Trinajstić information content (AvgIpc) is 2.96. The van der Waals surface area contributed by atoms with Gasteiger partial charge in [-0.3, -0.25) is 9.78 Å². The Bertz CT molecular complexity index is 769. The van der Waals surface area contributed by atoms with Crippen molar-refractivity contribution in [3.05, 3.63) is 53.1 Å². The van der Waals surface area contributed by atoms with E-state index in [0.29, 0.717) is 19.7 Å². The minimum Gasteiger partial charge on any atom is -0.384 e. The van der Waals surface area contributed by atoms with Crippen molar-refractivity contribution in [3.63, 3.8) is 0 Å². The van der Waals surface area contributed by atoms with Gasteiger partial charge in [0.15, 0.2) is 0 Å². The number of ether oxygens (including phenoxy) is 1. The molecule has 0 saturated carbocycles. The van der Waals surface area contributed by atoms with Gasteiger partial charge in [0.2, 0.25) is 0 Å². The van der Waals surface area contributed by atoms with Gasteiger partial charge in [-0.2, -0.15) is 0 Å². The van der Waals surface area contributed by atoms with Crippen LogP contribution in [0.3, 0.4) is 0 Å². The van der Waals surface area contributed by atoms with Crippen molar-refractivity contribution in [3.8, 4) is 0 Å². The summed E-state index contributed by atoms with van der Waals surface area (Å²) in [4.78, 5) is 17.3. The predicted molar refractivity (Wildman–Crippen MR) is 120 cm³/mol. The van der Waals surface area contributed by atoms with E-state index in [1.807, 2.05) is 38.1 Å². The van der Waals surface area contributed by atoms with Gasteiger partial charge in [0, 0.05) is 36.7 Å². The molecule has 0 aliphatic carbocycles. The summed E-state index contributed by atoms with van der Waals surface area (Å²) in [6.45, 7) is 7.96. The number of hydrogen-bond acceptors (Lipinski definition) is 4. The van der Waals surface area contributed by atoms with E-state index in [2.05, 4.69) is 20.2 Å². The molecule has 0 aromatic carbocycles. The minimum atomic E-state index is -0.00983. The van der Waals surface area contributed by atoms with E-state index in [1.54, 1.807) is 13.3 Å². The molecule has 1 saturated heterocycles. The number of nitrogens with one attached hydrogen (secondary N) is 2. The van der Waals surface area contributed by atoms with Crippen LogP contribution in [-0.4, -0.2) is 48.8 Å². The van der Waals surface area contributed by atoms with Gasteiger partial charge in [0.05, 0.1) is 24.4 Å². The Morgan fingerprint density at radius 1 is 1.28 bits per heavy atom. The fourth-order valence-electron chi connectivity index (χ4n) is 3.93. The Morgan fingerprint density at radius 2 is 2.00 bits per heavy atom. The van der Waals surface area contributed by atoms with Crippen LogP contribution in [0.4, 0.5) is 0 Å². The second-order valence-corrected chi connectivity index (χ2v) is 7.56. The highest BCUT2D eigenvalue weighted by atomic mass is 35.5. The molecule has 0 spiro atoms. The standard InChI is InChI=1S/C21H30N4O2.2ClH/c1-16-12-19(17(2)25(16)13-18-6-4-5-9-23-18)20(26)24-14-21(15-27-3)7-10-22-11-8-21;;/h4-6,9,12,22H,7-8,10-11,13-15H2,1-3H3,(H,24,26);2*1H. The molecule has 1 amide bonds. The Kier molecular flexibility index (Phi) is 10.1. The van der Waals surface area contributed by atoms with Gasteiger partial charge in [-0.25, -0.2) is 0 Å². The normalized spacial score (nSPS) is 15.1. The molecule has 162 valence electrons. The van der Waals surface area contributed by atoms with E-state index in [-0.39, 0.29) is 36.1 Å². The van der Waals surface area contributed by atoms with Crippen LogP contribution in [0.1, 0.15) is 40.3 Å². The zero-order valence-corrected chi connectivity index (χ0v) is 19.0. The van der Waals surface area contributed by atoms with Gasteiger partial charge in [0.1, 0.15) is 0 Å². The van der Waals surface area contributed by atoms with Crippen molar-refractivity contribution in [1.82, 2.24) is 20.2 Å². The molecule has 1 fully saturated rings. The van der Waals surface area contributed by atoms with Crippen LogP contribution in [0.2, 0.25) is 0 Å². The molecule has 3 heterocycles. The molecule has 2 aromatic heterocycles. The second kappa shape index (κ2) is 11.6. The lowest BCUT2D eigenvalue weighted by Gasteiger charge is -2.37. The van der Waals surface area contributed by atoms with E-state index >= 15 is 0 Å². The number of aromatic nitrogens is 2. The lowest BCUT2D eigenvalue weighted by Crippen LogP contribution is -2.47. The molecule has 0 unspecified atom stereocenters. The number of aryl methyl sites for hydroxylation is 1. The van der Waals surface area contributed by atoms with Crippen molar-refractivity contribution in [1.29, 1.82) is 0 Å². The molecule has 2 aromatic rings. The quantitative estimate of drug-likeness (QED) is 0.690. The summed E-state index contributed by atoms with van der Waals surface area (Å²) in [6.07, 6.45) is 3.82. The number of carbonyl (C=O) groups is 1. The summed E-state index contributed by atoms with van der Waals surface area (Å²) in [5.74, 6) is -0.00983. The minimum absolute atomic E-state index is 0. The molecule has 2 N–H and O–H groups in total. The third-order valence-corrected chi connectivity index (χ3v) is 5.60. The van der Waals surface area contributed by atoms with Crippen LogP contribution in [0.5, 0.6) is 0 Å². The van der Waals surface area contributed by atoms with E-state index < -0.39 is 0 Å². The van der Waals surface area contributed by atoms with Crippen molar-refractivity contribution in [2.75, 3.05) is 33.4 Å². The molecule has 6 nitrogen and oxygen atoms in total. The van der Waals surface area contributed by atoms with Crippen LogP contribution in [0.25, 0.3) is 0 Å². The van der Waals surface area contributed by atoms with Gasteiger partial charge in [-0.05, 0) is 58.0 Å². The first-order valence-electron chi connectivity index (χ1n) is 9.59.